The van der Waals surface area contributed by atoms with Crippen molar-refractivity contribution in [3.05, 3.63) is 54.0 Å². The van der Waals surface area contributed by atoms with Gasteiger partial charge in [0.2, 0.25) is 5.13 Å². The summed E-state index contributed by atoms with van der Waals surface area (Å²) in [5.74, 6) is -0.271. The van der Waals surface area contributed by atoms with Gasteiger partial charge in [-0.1, -0.05) is 44.2 Å². The molecule has 0 saturated carbocycles. The van der Waals surface area contributed by atoms with Crippen molar-refractivity contribution in [3.63, 3.8) is 0 Å². The summed E-state index contributed by atoms with van der Waals surface area (Å²) in [6.45, 7) is 6.27. The second-order valence-corrected chi connectivity index (χ2v) is 7.16. The van der Waals surface area contributed by atoms with Gasteiger partial charge in [0, 0.05) is 5.41 Å². The molecule has 0 saturated heterocycles. The van der Waals surface area contributed by atoms with Gasteiger partial charge in [-0.3, -0.25) is 5.43 Å². The molecule has 8 heteroatoms. The average Bonchev–Trinajstić information content (AvgIpc) is 3.17. The van der Waals surface area contributed by atoms with Crippen LogP contribution in [0.4, 0.5) is 9.52 Å². The second kappa shape index (κ2) is 6.48. The monoisotopic (exact) mass is 344 g/mol. The van der Waals surface area contributed by atoms with E-state index in [1.807, 2.05) is 0 Å². The van der Waals surface area contributed by atoms with Crippen molar-refractivity contribution in [3.8, 4) is 5.00 Å². The van der Waals surface area contributed by atoms with E-state index in [4.69, 9.17) is 0 Å². The summed E-state index contributed by atoms with van der Waals surface area (Å²) in [5.41, 5.74) is 4.50. The molecule has 2 aromatic heterocycles. The fraction of sp³-hybridized carbons (Fsp3) is 0.250. The highest BCUT2D eigenvalue weighted by atomic mass is 32.1. The first kappa shape index (κ1) is 16.3. The summed E-state index contributed by atoms with van der Waals surface area (Å²) in [6, 6.07) is 6.10. The minimum Gasteiger partial charge on any atom is -0.253 e. The van der Waals surface area contributed by atoms with Crippen LogP contribution in [0.3, 0.4) is 0 Å². The highest BCUT2D eigenvalue weighted by Gasteiger charge is 2.24. The predicted molar refractivity (Wildman–Crippen MR) is 93.3 cm³/mol. The molecule has 0 aliphatic heterocycles. The molecule has 0 amide bonds. The van der Waals surface area contributed by atoms with Crippen molar-refractivity contribution >= 4 is 22.7 Å². The summed E-state index contributed by atoms with van der Waals surface area (Å²) in [5, 5.41) is 9.91. The lowest BCUT2D eigenvalue weighted by atomic mass is 9.92. The number of hydrazone groups is 1. The SMILES string of the molecule is CC(C)(C)c1nc(N/N=C/c2ccc(F)cc2)sc1-n1cncn1. The topological polar surface area (TPSA) is 68.0 Å². The van der Waals surface area contributed by atoms with E-state index in [-0.39, 0.29) is 11.2 Å². The van der Waals surface area contributed by atoms with E-state index >= 15 is 0 Å². The van der Waals surface area contributed by atoms with Crippen molar-refractivity contribution in [2.75, 3.05) is 5.43 Å². The zero-order valence-electron chi connectivity index (χ0n) is 13.6. The van der Waals surface area contributed by atoms with E-state index in [9.17, 15) is 4.39 Å². The van der Waals surface area contributed by atoms with Gasteiger partial charge >= 0.3 is 0 Å². The van der Waals surface area contributed by atoms with Crippen LogP contribution in [0.5, 0.6) is 0 Å². The molecule has 0 radical (unpaired) electrons. The van der Waals surface area contributed by atoms with Gasteiger partial charge in [0.15, 0.2) is 0 Å². The third-order valence-corrected chi connectivity index (χ3v) is 4.14. The third kappa shape index (κ3) is 3.65. The molecule has 1 N–H and O–H groups in total. The molecule has 0 spiro atoms. The first-order chi connectivity index (χ1) is 11.4. The number of halogens is 1. The summed E-state index contributed by atoms with van der Waals surface area (Å²) >= 11 is 1.45. The molecule has 0 atom stereocenters. The molecule has 3 aromatic rings. The van der Waals surface area contributed by atoms with E-state index in [0.29, 0.717) is 5.13 Å². The Morgan fingerprint density at radius 1 is 1.25 bits per heavy atom. The summed E-state index contributed by atoms with van der Waals surface area (Å²) in [7, 11) is 0. The van der Waals surface area contributed by atoms with Gasteiger partial charge < -0.3 is 0 Å². The smallest absolute Gasteiger partial charge is 0.205 e. The third-order valence-electron chi connectivity index (χ3n) is 3.19. The van der Waals surface area contributed by atoms with E-state index in [1.54, 1.807) is 29.4 Å². The molecule has 0 aliphatic rings. The second-order valence-electron chi connectivity index (χ2n) is 6.18. The normalized spacial score (nSPS) is 12.0. The molecule has 24 heavy (non-hydrogen) atoms. The van der Waals surface area contributed by atoms with Crippen molar-refractivity contribution in [2.45, 2.75) is 26.2 Å². The number of hydrogen-bond acceptors (Lipinski definition) is 6. The van der Waals surface area contributed by atoms with Gasteiger partial charge in [-0.15, -0.1) is 0 Å². The maximum atomic E-state index is 12.9. The minimum absolute atomic E-state index is 0.140. The van der Waals surface area contributed by atoms with Crippen LogP contribution in [-0.2, 0) is 5.41 Å². The Bertz CT molecular complexity index is 831. The van der Waals surface area contributed by atoms with Crippen molar-refractivity contribution in [1.29, 1.82) is 0 Å². The lowest BCUT2D eigenvalue weighted by molar-refractivity contribution is 0.567. The Morgan fingerprint density at radius 3 is 2.62 bits per heavy atom. The number of benzene rings is 1. The lowest BCUT2D eigenvalue weighted by Crippen LogP contribution is -2.15. The summed E-state index contributed by atoms with van der Waals surface area (Å²) < 4.78 is 14.6. The van der Waals surface area contributed by atoms with Crippen LogP contribution in [0.25, 0.3) is 5.00 Å². The van der Waals surface area contributed by atoms with Crippen LogP contribution in [0, 0.1) is 5.82 Å². The first-order valence-corrected chi connectivity index (χ1v) is 8.16. The van der Waals surface area contributed by atoms with Gasteiger partial charge in [0.25, 0.3) is 0 Å². The molecule has 1 aromatic carbocycles. The number of anilines is 1. The average molecular weight is 344 g/mol. The van der Waals surface area contributed by atoms with Crippen LogP contribution >= 0.6 is 11.3 Å². The zero-order valence-corrected chi connectivity index (χ0v) is 14.4. The molecule has 3 rings (SSSR count). The minimum atomic E-state index is -0.271. The van der Waals surface area contributed by atoms with Gasteiger partial charge in [0.1, 0.15) is 23.5 Å². The van der Waals surface area contributed by atoms with Crippen LogP contribution in [0.15, 0.2) is 42.0 Å². The fourth-order valence-electron chi connectivity index (χ4n) is 2.03. The molecule has 0 unspecified atom stereocenters. The molecular formula is C16H17FN6S. The highest BCUT2D eigenvalue weighted by Crippen LogP contribution is 2.34. The van der Waals surface area contributed by atoms with Gasteiger partial charge in [-0.25, -0.2) is 19.0 Å². The van der Waals surface area contributed by atoms with Crippen molar-refractivity contribution in [1.82, 2.24) is 19.7 Å². The fourth-order valence-corrected chi connectivity index (χ4v) is 3.08. The molecular weight excluding hydrogens is 327 g/mol. The quantitative estimate of drug-likeness (QED) is 0.580. The molecule has 124 valence electrons. The Labute approximate surface area is 143 Å². The summed E-state index contributed by atoms with van der Waals surface area (Å²) in [6.07, 6.45) is 4.76. The summed E-state index contributed by atoms with van der Waals surface area (Å²) in [4.78, 5) is 8.62. The van der Waals surface area contributed by atoms with Gasteiger partial charge in [0.05, 0.1) is 11.9 Å². The van der Waals surface area contributed by atoms with Crippen LogP contribution < -0.4 is 5.43 Å². The number of hydrogen-bond donors (Lipinski definition) is 1. The maximum Gasteiger partial charge on any atom is 0.205 e. The number of rotatable bonds is 4. The standard InChI is InChI=1S/C16H17FN6S/c1-16(2,3)13-14(23-10-18-9-20-23)24-15(21-13)22-19-8-11-4-6-12(17)7-5-11/h4-10H,1-3H3,(H,21,22)/b19-8+. The number of nitrogens with one attached hydrogen (secondary N) is 1. The Morgan fingerprint density at radius 2 is 2.00 bits per heavy atom. The Balaban J connectivity index is 1.83. The van der Waals surface area contributed by atoms with E-state index in [2.05, 4.69) is 46.4 Å². The highest BCUT2D eigenvalue weighted by molar-refractivity contribution is 7.18. The van der Waals surface area contributed by atoms with E-state index in [1.165, 1.54) is 29.8 Å². The number of nitrogens with zero attached hydrogens (tertiary/aromatic N) is 5. The van der Waals surface area contributed by atoms with Crippen LogP contribution in [-0.4, -0.2) is 26.0 Å². The van der Waals surface area contributed by atoms with Gasteiger partial charge in [-0.2, -0.15) is 10.2 Å². The zero-order chi connectivity index (χ0) is 17.2. The first-order valence-electron chi connectivity index (χ1n) is 7.34. The Kier molecular flexibility index (Phi) is 4.39. The predicted octanol–water partition coefficient (Wildman–Crippen LogP) is 3.61. The van der Waals surface area contributed by atoms with Crippen molar-refractivity contribution < 1.29 is 4.39 Å². The largest absolute Gasteiger partial charge is 0.253 e. The van der Waals surface area contributed by atoms with Gasteiger partial charge in [-0.05, 0) is 17.7 Å². The molecule has 0 fully saturated rings. The molecule has 0 bridgehead atoms. The van der Waals surface area contributed by atoms with Crippen LogP contribution in [0.2, 0.25) is 0 Å². The van der Waals surface area contributed by atoms with Crippen LogP contribution in [0.1, 0.15) is 32.0 Å². The van der Waals surface area contributed by atoms with E-state index in [0.717, 1.165) is 16.3 Å². The molecule has 6 nitrogen and oxygen atoms in total. The molecule has 2 heterocycles. The lowest BCUT2D eigenvalue weighted by Gasteiger charge is -2.16. The van der Waals surface area contributed by atoms with E-state index < -0.39 is 0 Å². The van der Waals surface area contributed by atoms with Crippen molar-refractivity contribution in [2.24, 2.45) is 5.10 Å². The number of aromatic nitrogens is 4. The molecule has 0 aliphatic carbocycles. The maximum absolute atomic E-state index is 12.9. The number of thiazole rings is 1. The Hall–Kier alpha value is -2.61.